The third-order valence-electron chi connectivity index (χ3n) is 4.25. The van der Waals surface area contributed by atoms with Gasteiger partial charge in [-0.25, -0.2) is 9.78 Å². The molecular weight excluding hydrogens is 376 g/mol. The molecule has 1 aliphatic rings. The van der Waals surface area contributed by atoms with Crippen molar-refractivity contribution in [3.63, 3.8) is 0 Å². The molecule has 27 heavy (non-hydrogen) atoms. The molecular formula is C17H17ClN4O5. The lowest BCUT2D eigenvalue weighted by molar-refractivity contribution is -0.143. The van der Waals surface area contributed by atoms with Crippen molar-refractivity contribution in [3.05, 3.63) is 46.5 Å². The highest BCUT2D eigenvalue weighted by atomic mass is 35.5. The zero-order chi connectivity index (χ0) is 19.7. The number of benzene rings is 1. The maximum Gasteiger partial charge on any atom is 0.330 e. The fourth-order valence-corrected chi connectivity index (χ4v) is 3.13. The van der Waals surface area contributed by atoms with Crippen molar-refractivity contribution in [3.8, 4) is 5.69 Å². The second-order valence-electron chi connectivity index (χ2n) is 5.94. The summed E-state index contributed by atoms with van der Waals surface area (Å²) < 4.78 is 6.15. The zero-order valence-electron chi connectivity index (χ0n) is 14.6. The van der Waals surface area contributed by atoms with Gasteiger partial charge in [0, 0.05) is 7.05 Å². The van der Waals surface area contributed by atoms with Gasteiger partial charge in [0.05, 0.1) is 42.2 Å². The number of fused-ring (bicyclic) bond motifs is 3. The number of aliphatic hydroxyl groups is 1. The number of esters is 1. The van der Waals surface area contributed by atoms with Gasteiger partial charge in [-0.1, -0.05) is 17.7 Å². The third-order valence-corrected chi connectivity index (χ3v) is 4.57. The molecule has 0 unspecified atom stereocenters. The van der Waals surface area contributed by atoms with Crippen LogP contribution in [0, 0.1) is 0 Å². The minimum Gasteiger partial charge on any atom is -0.467 e. The number of halogens is 1. The van der Waals surface area contributed by atoms with E-state index >= 15 is 0 Å². The summed E-state index contributed by atoms with van der Waals surface area (Å²) in [6, 6.07) is 3.80. The molecule has 0 radical (unpaired) electrons. The highest BCUT2D eigenvalue weighted by Gasteiger charge is 2.31. The van der Waals surface area contributed by atoms with Gasteiger partial charge in [-0.15, -0.1) is 0 Å². The Labute approximate surface area is 159 Å². The van der Waals surface area contributed by atoms with Gasteiger partial charge in [0.15, 0.2) is 11.7 Å². The minimum atomic E-state index is -1.22. The molecule has 1 aliphatic heterocycles. The number of aromatic nitrogens is 2. The topological polar surface area (TPSA) is 114 Å². The van der Waals surface area contributed by atoms with Gasteiger partial charge in [0.25, 0.3) is 11.8 Å². The average Bonchev–Trinajstić information content (AvgIpc) is 3.03. The second-order valence-corrected chi connectivity index (χ2v) is 6.34. The van der Waals surface area contributed by atoms with Crippen molar-refractivity contribution in [2.45, 2.75) is 12.6 Å². The largest absolute Gasteiger partial charge is 0.467 e. The Morgan fingerprint density at radius 1 is 1.44 bits per heavy atom. The molecule has 1 atom stereocenters. The Hall–Kier alpha value is -2.91. The van der Waals surface area contributed by atoms with Crippen LogP contribution in [0.5, 0.6) is 0 Å². The van der Waals surface area contributed by atoms with Gasteiger partial charge in [0.2, 0.25) is 0 Å². The number of amides is 2. The summed E-state index contributed by atoms with van der Waals surface area (Å²) >= 11 is 6.21. The smallest absolute Gasteiger partial charge is 0.330 e. The molecule has 2 aromatic rings. The number of nitrogens with one attached hydrogen (secondary N) is 1. The fourth-order valence-electron chi connectivity index (χ4n) is 2.88. The van der Waals surface area contributed by atoms with Crippen molar-refractivity contribution < 1.29 is 24.2 Å². The number of imidazole rings is 1. The standard InChI is InChI=1S/C17H17ClN4O5/c1-21-6-12-14(15(24)20-10(7-23)17(26)27-2)19-8-22(12)11-5-3-4-9(18)13(11)16(21)25/h3-5,8,10,23H,6-7H2,1-2H3,(H,20,24)/t10-/m0/s1. The van der Waals surface area contributed by atoms with Crippen LogP contribution in [0.15, 0.2) is 24.5 Å². The van der Waals surface area contributed by atoms with Crippen LogP contribution in [-0.2, 0) is 16.1 Å². The fraction of sp³-hybridized carbons (Fsp3) is 0.294. The molecule has 1 aromatic heterocycles. The predicted molar refractivity (Wildman–Crippen MR) is 94.7 cm³/mol. The van der Waals surface area contributed by atoms with E-state index in [1.165, 1.54) is 11.2 Å². The molecule has 0 spiro atoms. The number of nitrogens with zero attached hydrogens (tertiary/aromatic N) is 3. The summed E-state index contributed by atoms with van der Waals surface area (Å²) in [5, 5.41) is 12.0. The lowest BCUT2D eigenvalue weighted by Gasteiger charge is -2.16. The maximum atomic E-state index is 12.7. The number of aliphatic hydroxyl groups excluding tert-OH is 1. The molecule has 0 bridgehead atoms. The molecule has 0 saturated heterocycles. The molecule has 0 fully saturated rings. The van der Waals surface area contributed by atoms with Crippen LogP contribution in [0.25, 0.3) is 5.69 Å². The van der Waals surface area contributed by atoms with Gasteiger partial charge in [-0.2, -0.15) is 0 Å². The van der Waals surface area contributed by atoms with Crippen LogP contribution in [-0.4, -0.2) is 64.1 Å². The molecule has 0 saturated carbocycles. The van der Waals surface area contributed by atoms with Crippen LogP contribution in [0.2, 0.25) is 5.02 Å². The number of methoxy groups -OCH3 is 1. The second kappa shape index (κ2) is 7.37. The van der Waals surface area contributed by atoms with Crippen molar-refractivity contribution in [2.75, 3.05) is 20.8 Å². The summed E-state index contributed by atoms with van der Waals surface area (Å²) in [4.78, 5) is 42.4. The van der Waals surface area contributed by atoms with E-state index in [0.29, 0.717) is 22.0 Å². The van der Waals surface area contributed by atoms with Crippen LogP contribution in [0.3, 0.4) is 0 Å². The predicted octanol–water partition coefficient (Wildman–Crippen LogP) is 0.375. The highest BCUT2D eigenvalue weighted by Crippen LogP contribution is 2.30. The summed E-state index contributed by atoms with van der Waals surface area (Å²) in [5.74, 6) is -1.73. The Morgan fingerprint density at radius 2 is 2.19 bits per heavy atom. The van der Waals surface area contributed by atoms with E-state index in [1.807, 2.05) is 0 Å². The Bertz CT molecular complexity index is 926. The molecule has 2 N–H and O–H groups in total. The summed E-state index contributed by atoms with van der Waals surface area (Å²) in [6.45, 7) is -0.514. The molecule has 2 heterocycles. The molecule has 3 rings (SSSR count). The first-order chi connectivity index (χ1) is 12.9. The number of ether oxygens (including phenoxy) is 1. The van der Waals surface area contributed by atoms with Gasteiger partial charge < -0.3 is 20.1 Å². The van der Waals surface area contributed by atoms with E-state index in [-0.39, 0.29) is 18.1 Å². The first-order valence-corrected chi connectivity index (χ1v) is 8.37. The van der Waals surface area contributed by atoms with Crippen LogP contribution >= 0.6 is 11.6 Å². The van der Waals surface area contributed by atoms with Crippen LogP contribution in [0.1, 0.15) is 26.5 Å². The zero-order valence-corrected chi connectivity index (χ0v) is 15.4. The average molecular weight is 393 g/mol. The van der Waals surface area contributed by atoms with E-state index in [1.54, 1.807) is 29.8 Å². The van der Waals surface area contributed by atoms with E-state index < -0.39 is 24.5 Å². The van der Waals surface area contributed by atoms with E-state index in [9.17, 15) is 19.5 Å². The molecule has 2 amide bonds. The molecule has 10 heteroatoms. The van der Waals surface area contributed by atoms with E-state index in [2.05, 4.69) is 15.0 Å². The highest BCUT2D eigenvalue weighted by molar-refractivity contribution is 6.34. The number of hydrogen-bond donors (Lipinski definition) is 2. The lowest BCUT2D eigenvalue weighted by Crippen LogP contribution is -2.44. The number of carbonyl (C=O) groups is 3. The Morgan fingerprint density at radius 3 is 2.85 bits per heavy atom. The first-order valence-electron chi connectivity index (χ1n) is 7.99. The normalized spacial score (nSPS) is 14.1. The van der Waals surface area contributed by atoms with Crippen molar-refractivity contribution >= 4 is 29.4 Å². The van der Waals surface area contributed by atoms with Crippen LogP contribution < -0.4 is 5.32 Å². The molecule has 0 aliphatic carbocycles. The summed E-state index contributed by atoms with van der Waals surface area (Å²) in [7, 11) is 2.74. The SMILES string of the molecule is COC(=O)[C@H](CO)NC(=O)c1ncn2c1CN(C)C(=O)c1c(Cl)cccc1-2. The summed E-state index contributed by atoms with van der Waals surface area (Å²) in [5.41, 5.74) is 1.30. The van der Waals surface area contributed by atoms with Crippen molar-refractivity contribution in [1.82, 2.24) is 19.8 Å². The summed E-state index contributed by atoms with van der Waals surface area (Å²) in [6.07, 6.45) is 1.41. The molecule has 1 aromatic carbocycles. The monoisotopic (exact) mass is 392 g/mol. The Kier molecular flexibility index (Phi) is 5.15. The van der Waals surface area contributed by atoms with Crippen molar-refractivity contribution in [1.29, 1.82) is 0 Å². The lowest BCUT2D eigenvalue weighted by atomic mass is 10.1. The van der Waals surface area contributed by atoms with Crippen LogP contribution in [0.4, 0.5) is 0 Å². The van der Waals surface area contributed by atoms with E-state index in [0.717, 1.165) is 7.11 Å². The van der Waals surface area contributed by atoms with Gasteiger partial charge in [-0.05, 0) is 12.1 Å². The number of hydrogen-bond acceptors (Lipinski definition) is 6. The van der Waals surface area contributed by atoms with Gasteiger partial charge >= 0.3 is 5.97 Å². The quantitative estimate of drug-likeness (QED) is 0.727. The number of carbonyl (C=O) groups excluding carboxylic acids is 3. The van der Waals surface area contributed by atoms with E-state index in [4.69, 9.17) is 11.6 Å². The Balaban J connectivity index is 2.04. The molecule has 9 nitrogen and oxygen atoms in total. The van der Waals surface area contributed by atoms with Crippen molar-refractivity contribution in [2.24, 2.45) is 0 Å². The first kappa shape index (κ1) is 18.9. The number of rotatable bonds is 4. The minimum absolute atomic E-state index is 0.0322. The third kappa shape index (κ3) is 3.26. The maximum absolute atomic E-state index is 12.7. The molecule has 142 valence electrons. The van der Waals surface area contributed by atoms with Gasteiger partial charge in [-0.3, -0.25) is 14.2 Å². The van der Waals surface area contributed by atoms with Gasteiger partial charge in [0.1, 0.15) is 6.33 Å².